The van der Waals surface area contributed by atoms with Crippen LogP contribution in [0.4, 0.5) is 5.69 Å². The van der Waals surface area contributed by atoms with E-state index in [0.717, 1.165) is 49.8 Å². The summed E-state index contributed by atoms with van der Waals surface area (Å²) in [4.78, 5) is 20.0. The number of nitrogens with zero attached hydrogens (tertiary/aromatic N) is 4. The highest BCUT2D eigenvalue weighted by molar-refractivity contribution is 7.89. The molecule has 0 spiro atoms. The SMILES string of the molecule is Cc1ccccc1-c1noc(CN2CCCC(C(=O)Nc3ccc(S(=O)(=O)N4CCCCC4)cc3)C2)n1. The number of likely N-dealkylation sites (tertiary alicyclic amines) is 1. The normalized spacial score (nSPS) is 19.5. The summed E-state index contributed by atoms with van der Waals surface area (Å²) < 4.78 is 32.8. The van der Waals surface area contributed by atoms with Crippen LogP contribution in [0.15, 0.2) is 57.9 Å². The van der Waals surface area contributed by atoms with Gasteiger partial charge in [-0.15, -0.1) is 0 Å². The van der Waals surface area contributed by atoms with Crippen molar-refractivity contribution in [2.24, 2.45) is 5.92 Å². The van der Waals surface area contributed by atoms with Crippen molar-refractivity contribution < 1.29 is 17.7 Å². The van der Waals surface area contributed by atoms with Crippen LogP contribution in [0.5, 0.6) is 0 Å². The molecule has 9 nitrogen and oxygen atoms in total. The molecule has 5 rings (SSSR count). The molecule has 0 saturated carbocycles. The second-order valence-corrected chi connectivity index (χ2v) is 11.8. The van der Waals surface area contributed by atoms with Gasteiger partial charge in [0.2, 0.25) is 27.6 Å². The molecule has 1 amide bonds. The third kappa shape index (κ3) is 5.92. The van der Waals surface area contributed by atoms with E-state index in [1.807, 2.05) is 31.2 Å². The average Bonchev–Trinajstić information content (AvgIpc) is 3.38. The van der Waals surface area contributed by atoms with E-state index >= 15 is 0 Å². The van der Waals surface area contributed by atoms with E-state index < -0.39 is 10.0 Å². The van der Waals surface area contributed by atoms with Crippen LogP contribution >= 0.6 is 0 Å². The molecule has 2 aliphatic heterocycles. The van der Waals surface area contributed by atoms with E-state index in [-0.39, 0.29) is 16.7 Å². The van der Waals surface area contributed by atoms with Gasteiger partial charge in [0.05, 0.1) is 17.4 Å². The van der Waals surface area contributed by atoms with Gasteiger partial charge in [-0.25, -0.2) is 8.42 Å². The van der Waals surface area contributed by atoms with Crippen LogP contribution in [0, 0.1) is 12.8 Å². The average molecular weight is 524 g/mol. The van der Waals surface area contributed by atoms with E-state index in [0.29, 0.717) is 43.6 Å². The molecule has 1 atom stereocenters. The Morgan fingerprint density at radius 3 is 2.54 bits per heavy atom. The molecule has 2 aromatic carbocycles. The van der Waals surface area contributed by atoms with Crippen LogP contribution in [0.1, 0.15) is 43.6 Å². The number of benzene rings is 2. The molecule has 1 aromatic heterocycles. The third-order valence-electron chi connectivity index (χ3n) is 7.16. The lowest BCUT2D eigenvalue weighted by Gasteiger charge is -2.30. The Bertz CT molecular complexity index is 1330. The van der Waals surface area contributed by atoms with Gasteiger partial charge in [0.1, 0.15) is 0 Å². The minimum Gasteiger partial charge on any atom is -0.338 e. The third-order valence-corrected chi connectivity index (χ3v) is 9.08. The van der Waals surface area contributed by atoms with Crippen molar-refractivity contribution in [3.63, 3.8) is 0 Å². The van der Waals surface area contributed by atoms with Gasteiger partial charge in [0.15, 0.2) is 0 Å². The topological polar surface area (TPSA) is 109 Å². The highest BCUT2D eigenvalue weighted by atomic mass is 32.2. The largest absolute Gasteiger partial charge is 0.338 e. The highest BCUT2D eigenvalue weighted by Gasteiger charge is 2.28. The Morgan fingerprint density at radius 1 is 1.03 bits per heavy atom. The number of nitrogens with one attached hydrogen (secondary N) is 1. The van der Waals surface area contributed by atoms with Crippen molar-refractivity contribution in [3.05, 3.63) is 60.0 Å². The molecule has 2 aliphatic rings. The molecule has 2 saturated heterocycles. The summed E-state index contributed by atoms with van der Waals surface area (Å²) in [5.74, 6) is 0.863. The molecule has 0 bridgehead atoms. The lowest BCUT2D eigenvalue weighted by Crippen LogP contribution is -2.40. The molecule has 2 fully saturated rings. The maximum Gasteiger partial charge on any atom is 0.243 e. The Labute approximate surface area is 217 Å². The molecule has 0 radical (unpaired) electrons. The number of piperidine rings is 2. The van der Waals surface area contributed by atoms with Crippen LogP contribution in [0.2, 0.25) is 0 Å². The Balaban J connectivity index is 1.17. The Kier molecular flexibility index (Phi) is 7.68. The van der Waals surface area contributed by atoms with Crippen LogP contribution in [0.3, 0.4) is 0 Å². The fraction of sp³-hybridized carbons (Fsp3) is 0.444. The minimum absolute atomic E-state index is 0.0672. The number of carbonyl (C=O) groups excluding carboxylic acids is 1. The van der Waals surface area contributed by atoms with Crippen molar-refractivity contribution in [1.82, 2.24) is 19.3 Å². The first-order chi connectivity index (χ1) is 17.9. The minimum atomic E-state index is -3.49. The highest BCUT2D eigenvalue weighted by Crippen LogP contribution is 2.25. The molecule has 3 aromatic rings. The van der Waals surface area contributed by atoms with Crippen LogP contribution in [-0.2, 0) is 21.4 Å². The first kappa shape index (κ1) is 25.6. The Hall–Kier alpha value is -3.08. The number of carbonyl (C=O) groups is 1. The summed E-state index contributed by atoms with van der Waals surface area (Å²) in [6.45, 7) is 5.09. The fourth-order valence-electron chi connectivity index (χ4n) is 5.07. The van der Waals surface area contributed by atoms with Crippen molar-refractivity contribution in [2.45, 2.75) is 50.5 Å². The fourth-order valence-corrected chi connectivity index (χ4v) is 6.58. The van der Waals surface area contributed by atoms with E-state index in [4.69, 9.17) is 4.52 Å². The van der Waals surface area contributed by atoms with Gasteiger partial charge >= 0.3 is 0 Å². The first-order valence-electron chi connectivity index (χ1n) is 12.9. The van der Waals surface area contributed by atoms with Crippen LogP contribution < -0.4 is 5.32 Å². The van der Waals surface area contributed by atoms with Crippen LogP contribution in [0.25, 0.3) is 11.4 Å². The van der Waals surface area contributed by atoms with Gasteiger partial charge in [-0.1, -0.05) is 35.8 Å². The van der Waals surface area contributed by atoms with Crippen molar-refractivity contribution >= 4 is 21.6 Å². The van der Waals surface area contributed by atoms with Gasteiger partial charge in [-0.2, -0.15) is 9.29 Å². The van der Waals surface area contributed by atoms with E-state index in [1.165, 1.54) is 0 Å². The molecule has 196 valence electrons. The van der Waals surface area contributed by atoms with E-state index in [1.54, 1.807) is 28.6 Å². The molecule has 0 aliphatic carbocycles. The summed E-state index contributed by atoms with van der Waals surface area (Å²) in [6.07, 6.45) is 4.54. The second kappa shape index (κ2) is 11.1. The lowest BCUT2D eigenvalue weighted by molar-refractivity contribution is -0.121. The van der Waals surface area contributed by atoms with Crippen molar-refractivity contribution in [2.75, 3.05) is 31.5 Å². The number of aromatic nitrogens is 2. The summed E-state index contributed by atoms with van der Waals surface area (Å²) in [5, 5.41) is 7.10. The van der Waals surface area contributed by atoms with Gasteiger partial charge < -0.3 is 9.84 Å². The number of anilines is 1. The summed E-state index contributed by atoms with van der Waals surface area (Å²) in [6, 6.07) is 14.4. The van der Waals surface area contributed by atoms with E-state index in [9.17, 15) is 13.2 Å². The predicted molar refractivity (Wildman–Crippen MR) is 140 cm³/mol. The monoisotopic (exact) mass is 523 g/mol. The molecular formula is C27H33N5O4S. The number of hydrogen-bond acceptors (Lipinski definition) is 7. The molecule has 1 N–H and O–H groups in total. The number of amides is 1. The molecule has 3 heterocycles. The van der Waals surface area contributed by atoms with Crippen molar-refractivity contribution in [3.8, 4) is 11.4 Å². The second-order valence-electron chi connectivity index (χ2n) is 9.88. The molecule has 10 heteroatoms. The predicted octanol–water partition coefficient (Wildman–Crippen LogP) is 4.07. The van der Waals surface area contributed by atoms with Gasteiger partial charge in [-0.05, 0) is 69.0 Å². The molecule has 37 heavy (non-hydrogen) atoms. The Morgan fingerprint density at radius 2 is 1.78 bits per heavy atom. The van der Waals surface area contributed by atoms with E-state index in [2.05, 4.69) is 20.4 Å². The number of hydrogen-bond donors (Lipinski definition) is 1. The summed E-state index contributed by atoms with van der Waals surface area (Å²) >= 11 is 0. The standard InChI is InChI=1S/C27H33N5O4S/c1-20-8-3-4-10-24(20)26-29-25(36-30-26)19-31-15-7-9-21(18-31)27(33)28-22-11-13-23(14-12-22)37(34,35)32-16-5-2-6-17-32/h3-4,8,10-14,21H,2,5-7,9,15-19H2,1H3,(H,28,33). The number of aryl methyl sites for hydroxylation is 1. The number of sulfonamides is 1. The maximum absolute atomic E-state index is 13.0. The first-order valence-corrected chi connectivity index (χ1v) is 14.4. The van der Waals surface area contributed by atoms with Gasteiger partial charge in [0.25, 0.3) is 0 Å². The maximum atomic E-state index is 13.0. The van der Waals surface area contributed by atoms with Gasteiger partial charge in [0, 0.05) is 30.9 Å². The summed E-state index contributed by atoms with van der Waals surface area (Å²) in [5.41, 5.74) is 2.63. The lowest BCUT2D eigenvalue weighted by atomic mass is 9.97. The molecule has 1 unspecified atom stereocenters. The zero-order valence-corrected chi connectivity index (χ0v) is 21.9. The number of rotatable bonds is 7. The van der Waals surface area contributed by atoms with Crippen LogP contribution in [-0.4, -0.2) is 59.8 Å². The quantitative estimate of drug-likeness (QED) is 0.497. The van der Waals surface area contributed by atoms with Gasteiger partial charge in [-0.3, -0.25) is 9.69 Å². The zero-order chi connectivity index (χ0) is 25.8. The zero-order valence-electron chi connectivity index (χ0n) is 21.1. The summed E-state index contributed by atoms with van der Waals surface area (Å²) in [7, 11) is -3.49. The molecular weight excluding hydrogens is 490 g/mol. The van der Waals surface area contributed by atoms with Crippen molar-refractivity contribution in [1.29, 1.82) is 0 Å². The smallest absolute Gasteiger partial charge is 0.243 e.